The second-order valence-corrected chi connectivity index (χ2v) is 14.5. The van der Waals surface area contributed by atoms with Crippen LogP contribution in [0, 0.1) is 0 Å². The number of ether oxygens (including phenoxy) is 3. The lowest BCUT2D eigenvalue weighted by Crippen LogP contribution is -2.39. The van der Waals surface area contributed by atoms with Gasteiger partial charge in [0, 0.05) is 43.0 Å². The molecule has 1 aliphatic rings. The van der Waals surface area contributed by atoms with E-state index < -0.39 is 5.54 Å². The van der Waals surface area contributed by atoms with Crippen LogP contribution in [0.1, 0.15) is 34.9 Å². The van der Waals surface area contributed by atoms with E-state index in [1.807, 2.05) is 54.6 Å². The highest BCUT2D eigenvalue weighted by molar-refractivity contribution is 5.82. The highest BCUT2D eigenvalue weighted by Gasteiger charge is 2.41. The number of hydrogen-bond donors (Lipinski definition) is 0. The summed E-state index contributed by atoms with van der Waals surface area (Å²) >= 11 is 0. The Morgan fingerprint density at radius 1 is 0.661 bits per heavy atom. The molecule has 10 nitrogen and oxygen atoms in total. The number of morpholine rings is 1. The summed E-state index contributed by atoms with van der Waals surface area (Å²) in [6.07, 6.45) is 0.762. The molecule has 9 rings (SSSR count). The van der Waals surface area contributed by atoms with Crippen molar-refractivity contribution in [1.82, 2.24) is 35.1 Å². The second kappa shape index (κ2) is 17.4. The number of rotatable bonds is 14. The molecule has 4 heterocycles. The number of fused-ring (bicyclic) bond motifs is 1. The molecule has 1 fully saturated rings. The van der Waals surface area contributed by atoms with Crippen molar-refractivity contribution >= 4 is 11.0 Å². The van der Waals surface area contributed by atoms with Crippen molar-refractivity contribution in [3.63, 3.8) is 0 Å². The van der Waals surface area contributed by atoms with Crippen molar-refractivity contribution in [3.05, 3.63) is 186 Å². The number of benzene rings is 5. The molecule has 294 valence electrons. The van der Waals surface area contributed by atoms with Gasteiger partial charge in [0.15, 0.2) is 5.54 Å². The van der Waals surface area contributed by atoms with Gasteiger partial charge in [0.05, 0.1) is 18.7 Å². The monoisotopic (exact) mass is 779 g/mol. The Bertz CT molecular complexity index is 2520. The minimum Gasteiger partial charge on any atom is -0.486 e. The molecule has 1 saturated heterocycles. The van der Waals surface area contributed by atoms with Gasteiger partial charge in [-0.25, -0.2) is 4.98 Å². The molecule has 59 heavy (non-hydrogen) atoms. The summed E-state index contributed by atoms with van der Waals surface area (Å²) < 4.78 is 18.2. The van der Waals surface area contributed by atoms with Gasteiger partial charge in [-0.1, -0.05) is 140 Å². The van der Waals surface area contributed by atoms with Crippen molar-refractivity contribution in [1.29, 1.82) is 0 Å². The van der Waals surface area contributed by atoms with Crippen LogP contribution in [-0.4, -0.2) is 74.5 Å². The minimum atomic E-state index is -0.903. The van der Waals surface area contributed by atoms with E-state index in [0.717, 1.165) is 89.4 Å². The van der Waals surface area contributed by atoms with Gasteiger partial charge in [-0.2, -0.15) is 0 Å². The van der Waals surface area contributed by atoms with E-state index in [-0.39, 0.29) is 6.61 Å². The smallest absolute Gasteiger partial charge is 0.214 e. The third kappa shape index (κ3) is 7.92. The van der Waals surface area contributed by atoms with E-state index in [2.05, 4.69) is 115 Å². The summed E-state index contributed by atoms with van der Waals surface area (Å²) in [5.41, 5.74) is 8.32. The first kappa shape index (κ1) is 37.8. The summed E-state index contributed by atoms with van der Waals surface area (Å²) in [7, 11) is 0. The van der Waals surface area contributed by atoms with E-state index in [1.165, 1.54) is 0 Å². The Kier molecular flexibility index (Phi) is 11.1. The third-order valence-corrected chi connectivity index (χ3v) is 10.9. The van der Waals surface area contributed by atoms with E-state index >= 15 is 0 Å². The first-order valence-electron chi connectivity index (χ1n) is 20.2. The van der Waals surface area contributed by atoms with Gasteiger partial charge < -0.3 is 14.2 Å². The fourth-order valence-corrected chi connectivity index (χ4v) is 7.83. The van der Waals surface area contributed by atoms with Gasteiger partial charge in [0.25, 0.3) is 0 Å². The molecule has 1 aliphatic heterocycles. The molecule has 5 aromatic carbocycles. The van der Waals surface area contributed by atoms with Crippen molar-refractivity contribution in [2.45, 2.75) is 25.5 Å². The predicted octanol–water partition coefficient (Wildman–Crippen LogP) is 8.64. The van der Waals surface area contributed by atoms with Crippen LogP contribution in [0.15, 0.2) is 158 Å². The Morgan fingerprint density at radius 3 is 1.95 bits per heavy atom. The van der Waals surface area contributed by atoms with Gasteiger partial charge in [-0.15, -0.1) is 15.0 Å². The van der Waals surface area contributed by atoms with E-state index in [4.69, 9.17) is 39.6 Å². The summed E-state index contributed by atoms with van der Waals surface area (Å²) in [6, 6.07) is 53.6. The molecule has 0 aliphatic carbocycles. The van der Waals surface area contributed by atoms with Crippen molar-refractivity contribution in [3.8, 4) is 34.1 Å². The second-order valence-electron chi connectivity index (χ2n) is 14.5. The molecule has 10 heteroatoms. The first-order valence-corrected chi connectivity index (χ1v) is 20.2. The summed E-state index contributed by atoms with van der Waals surface area (Å²) in [5.74, 6) is 1.70. The zero-order valence-electron chi connectivity index (χ0n) is 33.0. The molecule has 0 N–H and O–H groups in total. The van der Waals surface area contributed by atoms with Crippen LogP contribution in [0.25, 0.3) is 33.5 Å². The Balaban J connectivity index is 1.08. The van der Waals surface area contributed by atoms with Crippen LogP contribution in [0.5, 0.6) is 11.6 Å². The first-order chi connectivity index (χ1) is 29.2. The molecular weight excluding hydrogens is 735 g/mol. The Labute approximate surface area is 344 Å². The van der Waals surface area contributed by atoms with Gasteiger partial charge in [-0.05, 0) is 57.1 Å². The van der Waals surface area contributed by atoms with E-state index in [9.17, 15) is 0 Å². The van der Waals surface area contributed by atoms with Crippen molar-refractivity contribution < 1.29 is 14.2 Å². The molecule has 3 aromatic heterocycles. The van der Waals surface area contributed by atoms with Crippen LogP contribution < -0.4 is 9.47 Å². The highest BCUT2D eigenvalue weighted by Crippen LogP contribution is 2.41. The van der Waals surface area contributed by atoms with Gasteiger partial charge >= 0.3 is 0 Å². The predicted molar refractivity (Wildman–Crippen MR) is 229 cm³/mol. The largest absolute Gasteiger partial charge is 0.486 e. The Hall–Kier alpha value is -6.75. The molecule has 0 bridgehead atoms. The number of nitrogens with zero attached hydrogens (tertiary/aromatic N) is 7. The minimum absolute atomic E-state index is 0.282. The fourth-order valence-electron chi connectivity index (χ4n) is 7.83. The normalized spacial score (nSPS) is 13.4. The molecule has 8 aromatic rings. The number of hydrogen-bond acceptors (Lipinski definition) is 9. The summed E-state index contributed by atoms with van der Waals surface area (Å²) in [6.45, 7) is 7.05. The number of aromatic nitrogens is 6. The van der Waals surface area contributed by atoms with Crippen LogP contribution in [0.2, 0.25) is 0 Å². The molecule has 0 radical (unpaired) electrons. The standard InChI is InChI=1S/C49H45N7O3/c1-2-41-34-45(47-44(50-41)25-26-46(51-47)58-32-29-55-27-30-57-31-28-55)59-35-36-23-24-42(37-15-7-3-8-16-37)43(33-36)48-52-54-56(53-48)49(38-17-9-4-10-18-38,39-19-11-5-12-20-39)40-21-13-6-14-22-40/h3-26,33-34H,2,27-32,35H2,1H3. The number of aryl methyl sites for hydroxylation is 1. The van der Waals surface area contributed by atoms with Crippen molar-refractivity contribution in [2.75, 3.05) is 39.5 Å². The molecule has 0 amide bonds. The highest BCUT2D eigenvalue weighted by atomic mass is 16.5. The SMILES string of the molecule is CCc1cc(OCc2ccc(-c3ccccc3)c(-c3nnn(C(c4ccccc4)(c4ccccc4)c4ccccc4)n3)c2)c2nc(OCCN3CCOCC3)ccc2n1. The lowest BCUT2D eigenvalue weighted by atomic mass is 9.77. The van der Waals surface area contributed by atoms with Gasteiger partial charge in [0.1, 0.15) is 24.5 Å². The maximum atomic E-state index is 6.63. The zero-order valence-corrected chi connectivity index (χ0v) is 33.0. The van der Waals surface area contributed by atoms with Crippen LogP contribution >= 0.6 is 0 Å². The number of tetrazole rings is 1. The topological polar surface area (TPSA) is 100 Å². The Morgan fingerprint density at radius 2 is 1.31 bits per heavy atom. The molecule has 0 unspecified atom stereocenters. The number of pyridine rings is 2. The van der Waals surface area contributed by atoms with E-state index in [1.54, 1.807) is 4.80 Å². The van der Waals surface area contributed by atoms with E-state index in [0.29, 0.717) is 29.6 Å². The van der Waals surface area contributed by atoms with Crippen LogP contribution in [-0.2, 0) is 23.3 Å². The molecule has 0 saturated carbocycles. The average molecular weight is 780 g/mol. The fraction of sp³-hybridized carbons (Fsp3) is 0.204. The van der Waals surface area contributed by atoms with Crippen LogP contribution in [0.3, 0.4) is 0 Å². The molecule has 0 atom stereocenters. The quantitative estimate of drug-likeness (QED) is 0.100. The van der Waals surface area contributed by atoms with Gasteiger partial charge in [-0.3, -0.25) is 9.88 Å². The lowest BCUT2D eigenvalue weighted by molar-refractivity contribution is 0.0320. The molecule has 0 spiro atoms. The maximum absolute atomic E-state index is 6.63. The zero-order chi connectivity index (χ0) is 39.9. The maximum Gasteiger partial charge on any atom is 0.214 e. The molecular formula is C49H45N7O3. The van der Waals surface area contributed by atoms with Crippen LogP contribution in [0.4, 0.5) is 0 Å². The van der Waals surface area contributed by atoms with Crippen molar-refractivity contribution in [2.24, 2.45) is 0 Å². The lowest BCUT2D eigenvalue weighted by Gasteiger charge is -2.34. The summed E-state index contributed by atoms with van der Waals surface area (Å²) in [4.78, 5) is 13.8. The summed E-state index contributed by atoms with van der Waals surface area (Å²) in [5, 5.41) is 14.9. The third-order valence-electron chi connectivity index (χ3n) is 10.9. The van der Waals surface area contributed by atoms with Gasteiger partial charge in [0.2, 0.25) is 11.7 Å². The average Bonchev–Trinajstić information content (AvgIpc) is 3.80.